The lowest BCUT2D eigenvalue weighted by Gasteiger charge is -2.52. The zero-order valence-corrected chi connectivity index (χ0v) is 13.6. The first kappa shape index (κ1) is 14.8. The zero-order valence-electron chi connectivity index (χ0n) is 13.6. The Labute approximate surface area is 124 Å². The van der Waals surface area contributed by atoms with Crippen LogP contribution in [-0.2, 0) is 4.74 Å². The molecule has 1 spiro atoms. The predicted molar refractivity (Wildman–Crippen MR) is 83.0 cm³/mol. The Morgan fingerprint density at radius 3 is 2.45 bits per heavy atom. The van der Waals surface area contributed by atoms with Gasteiger partial charge in [-0.15, -0.1) is 0 Å². The van der Waals surface area contributed by atoms with Gasteiger partial charge in [0.2, 0.25) is 0 Å². The smallest absolute Gasteiger partial charge is 0.0685 e. The van der Waals surface area contributed by atoms with Crippen LogP contribution in [0.15, 0.2) is 0 Å². The number of nitrogens with zero attached hydrogens (tertiary/aromatic N) is 1. The average molecular weight is 280 g/mol. The average Bonchev–Trinajstić information content (AvgIpc) is 2.92. The molecule has 3 nitrogen and oxygen atoms in total. The summed E-state index contributed by atoms with van der Waals surface area (Å²) >= 11 is 0. The van der Waals surface area contributed by atoms with E-state index in [9.17, 15) is 0 Å². The molecule has 2 unspecified atom stereocenters. The van der Waals surface area contributed by atoms with Crippen molar-refractivity contribution >= 4 is 0 Å². The minimum Gasteiger partial charge on any atom is -0.375 e. The lowest BCUT2D eigenvalue weighted by molar-refractivity contribution is -0.152. The Balaban J connectivity index is 1.71. The highest BCUT2D eigenvalue weighted by Crippen LogP contribution is 2.46. The van der Waals surface area contributed by atoms with E-state index in [-0.39, 0.29) is 11.1 Å². The fourth-order valence-corrected chi connectivity index (χ4v) is 4.93. The molecule has 0 bridgehead atoms. The molecule has 3 heteroatoms. The van der Waals surface area contributed by atoms with E-state index < -0.39 is 0 Å². The van der Waals surface area contributed by atoms with Gasteiger partial charge in [0.15, 0.2) is 0 Å². The van der Waals surface area contributed by atoms with Crippen LogP contribution < -0.4 is 5.32 Å². The summed E-state index contributed by atoms with van der Waals surface area (Å²) in [5.41, 5.74) is 0.525. The fraction of sp³-hybridized carbons (Fsp3) is 1.00. The van der Waals surface area contributed by atoms with E-state index in [2.05, 4.69) is 31.1 Å². The molecular weight excluding hydrogens is 248 g/mol. The number of likely N-dealkylation sites (N-methyl/N-ethyl adjacent to an activating group) is 1. The largest absolute Gasteiger partial charge is 0.375 e. The number of hydrogen-bond acceptors (Lipinski definition) is 3. The van der Waals surface area contributed by atoms with Crippen LogP contribution in [-0.4, -0.2) is 48.8 Å². The van der Waals surface area contributed by atoms with E-state index in [4.69, 9.17) is 4.74 Å². The molecule has 116 valence electrons. The van der Waals surface area contributed by atoms with Crippen molar-refractivity contribution in [2.24, 2.45) is 5.92 Å². The van der Waals surface area contributed by atoms with Crippen molar-refractivity contribution in [1.29, 1.82) is 0 Å². The summed E-state index contributed by atoms with van der Waals surface area (Å²) in [5, 5.41) is 3.68. The Hall–Kier alpha value is -0.120. The molecule has 2 atom stereocenters. The summed E-state index contributed by atoms with van der Waals surface area (Å²) < 4.78 is 6.12. The SMILES string of the molecule is CNC(C1CCOC2(CCC2)C1)C(C)(C)N1CCCC1. The maximum absolute atomic E-state index is 6.12. The monoisotopic (exact) mass is 280 g/mol. The Bertz CT molecular complexity index is 332. The summed E-state index contributed by atoms with van der Waals surface area (Å²) in [5.74, 6) is 0.768. The van der Waals surface area contributed by atoms with Crippen molar-refractivity contribution in [3.8, 4) is 0 Å². The van der Waals surface area contributed by atoms with E-state index >= 15 is 0 Å². The van der Waals surface area contributed by atoms with Crippen molar-refractivity contribution in [3.05, 3.63) is 0 Å². The topological polar surface area (TPSA) is 24.5 Å². The van der Waals surface area contributed by atoms with Gasteiger partial charge in [-0.1, -0.05) is 0 Å². The molecule has 0 radical (unpaired) electrons. The summed E-state index contributed by atoms with van der Waals surface area (Å²) in [7, 11) is 2.16. The van der Waals surface area contributed by atoms with E-state index in [1.807, 2.05) is 0 Å². The van der Waals surface area contributed by atoms with E-state index in [0.29, 0.717) is 6.04 Å². The first-order valence-corrected chi connectivity index (χ1v) is 8.64. The first-order valence-electron chi connectivity index (χ1n) is 8.64. The highest BCUT2D eigenvalue weighted by Gasteiger charge is 2.48. The molecule has 1 N–H and O–H groups in total. The van der Waals surface area contributed by atoms with Gasteiger partial charge in [-0.2, -0.15) is 0 Å². The number of hydrogen-bond donors (Lipinski definition) is 1. The highest BCUT2D eigenvalue weighted by molar-refractivity contribution is 5.03. The molecule has 1 aliphatic carbocycles. The molecule has 2 heterocycles. The lowest BCUT2D eigenvalue weighted by atomic mass is 9.68. The standard InChI is InChI=1S/C17H32N2O/c1-16(2,19-10-4-5-11-19)15(18-3)14-7-12-20-17(13-14)8-6-9-17/h14-15,18H,4-13H2,1-3H3. The quantitative estimate of drug-likeness (QED) is 0.857. The third-order valence-corrected chi connectivity index (χ3v) is 6.26. The fourth-order valence-electron chi connectivity index (χ4n) is 4.93. The van der Waals surface area contributed by atoms with Crippen LogP contribution in [0.5, 0.6) is 0 Å². The third-order valence-electron chi connectivity index (χ3n) is 6.26. The lowest BCUT2D eigenvalue weighted by Crippen LogP contribution is -2.61. The van der Waals surface area contributed by atoms with Crippen LogP contribution in [0, 0.1) is 5.92 Å². The Morgan fingerprint density at radius 1 is 1.20 bits per heavy atom. The second-order valence-corrected chi connectivity index (χ2v) is 7.75. The van der Waals surface area contributed by atoms with Gasteiger partial charge in [0.05, 0.1) is 5.60 Å². The highest BCUT2D eigenvalue weighted by atomic mass is 16.5. The Kier molecular flexibility index (Phi) is 4.13. The Morgan fingerprint density at radius 2 is 1.90 bits per heavy atom. The summed E-state index contributed by atoms with van der Waals surface area (Å²) in [4.78, 5) is 2.71. The molecule has 20 heavy (non-hydrogen) atoms. The van der Waals surface area contributed by atoms with Crippen LogP contribution in [0.25, 0.3) is 0 Å². The number of likely N-dealkylation sites (tertiary alicyclic amines) is 1. The van der Waals surface area contributed by atoms with Gasteiger partial charge in [0.25, 0.3) is 0 Å². The van der Waals surface area contributed by atoms with Crippen LogP contribution >= 0.6 is 0 Å². The van der Waals surface area contributed by atoms with Crippen molar-refractivity contribution in [1.82, 2.24) is 10.2 Å². The molecule has 1 saturated carbocycles. The van der Waals surface area contributed by atoms with E-state index in [0.717, 1.165) is 12.5 Å². The molecular formula is C17H32N2O. The minimum atomic E-state index is 0.262. The zero-order chi connectivity index (χ0) is 14.2. The predicted octanol–water partition coefficient (Wildman–Crippen LogP) is 2.80. The molecule has 3 rings (SSSR count). The summed E-state index contributed by atoms with van der Waals surface area (Å²) in [6.45, 7) is 8.42. The molecule has 0 amide bonds. The molecule has 0 aromatic heterocycles. The number of rotatable bonds is 4. The van der Waals surface area contributed by atoms with Gasteiger partial charge >= 0.3 is 0 Å². The second kappa shape index (κ2) is 5.58. The molecule has 3 aliphatic rings. The molecule has 3 fully saturated rings. The van der Waals surface area contributed by atoms with Crippen molar-refractivity contribution in [2.45, 2.75) is 76.0 Å². The van der Waals surface area contributed by atoms with Crippen LogP contribution in [0.4, 0.5) is 0 Å². The maximum Gasteiger partial charge on any atom is 0.0685 e. The van der Waals surface area contributed by atoms with Gasteiger partial charge in [-0.25, -0.2) is 0 Å². The molecule has 2 aliphatic heterocycles. The number of ether oxygens (including phenoxy) is 1. The third kappa shape index (κ3) is 2.53. The van der Waals surface area contributed by atoms with E-state index in [1.54, 1.807) is 0 Å². The summed E-state index contributed by atoms with van der Waals surface area (Å²) in [6, 6.07) is 0.585. The maximum atomic E-state index is 6.12. The molecule has 0 aromatic rings. The van der Waals surface area contributed by atoms with E-state index in [1.165, 1.54) is 58.0 Å². The normalized spacial score (nSPS) is 32.2. The van der Waals surface area contributed by atoms with Crippen molar-refractivity contribution in [3.63, 3.8) is 0 Å². The second-order valence-electron chi connectivity index (χ2n) is 7.75. The van der Waals surface area contributed by atoms with Gasteiger partial charge in [-0.05, 0) is 84.8 Å². The van der Waals surface area contributed by atoms with Crippen LogP contribution in [0.3, 0.4) is 0 Å². The van der Waals surface area contributed by atoms with Crippen LogP contribution in [0.1, 0.15) is 58.8 Å². The van der Waals surface area contributed by atoms with Crippen molar-refractivity contribution < 1.29 is 4.74 Å². The van der Waals surface area contributed by atoms with Gasteiger partial charge in [0.1, 0.15) is 0 Å². The number of nitrogens with one attached hydrogen (secondary N) is 1. The van der Waals surface area contributed by atoms with Crippen LogP contribution in [0.2, 0.25) is 0 Å². The minimum absolute atomic E-state index is 0.262. The van der Waals surface area contributed by atoms with Gasteiger partial charge in [-0.3, -0.25) is 4.90 Å². The first-order chi connectivity index (χ1) is 9.57. The molecule has 2 saturated heterocycles. The van der Waals surface area contributed by atoms with Gasteiger partial charge in [0, 0.05) is 18.2 Å². The summed E-state index contributed by atoms with van der Waals surface area (Å²) in [6.07, 6.45) is 9.20. The van der Waals surface area contributed by atoms with Crippen molar-refractivity contribution in [2.75, 3.05) is 26.7 Å². The van der Waals surface area contributed by atoms with Gasteiger partial charge < -0.3 is 10.1 Å². The molecule has 0 aromatic carbocycles.